The van der Waals surface area contributed by atoms with Gasteiger partial charge in [0.25, 0.3) is 0 Å². The molecule has 1 aliphatic heterocycles. The highest BCUT2D eigenvalue weighted by atomic mass is 16.5. The number of rotatable bonds is 5. The van der Waals surface area contributed by atoms with E-state index in [-0.39, 0.29) is 5.71 Å². The Morgan fingerprint density at radius 1 is 1.10 bits per heavy atom. The van der Waals surface area contributed by atoms with E-state index in [1.165, 1.54) is 24.7 Å². The van der Waals surface area contributed by atoms with E-state index in [4.69, 9.17) is 4.74 Å². The van der Waals surface area contributed by atoms with Crippen molar-refractivity contribution in [3.05, 3.63) is 77.3 Å². The molecule has 1 aromatic carbocycles. The molecule has 2 fully saturated rings. The Labute approximate surface area is 182 Å². The van der Waals surface area contributed by atoms with Crippen LogP contribution < -0.4 is 4.90 Å². The van der Waals surface area contributed by atoms with E-state index >= 15 is 0 Å². The molecule has 0 unspecified atom stereocenters. The van der Waals surface area contributed by atoms with Gasteiger partial charge >= 0.3 is 0 Å². The molecule has 1 aliphatic carbocycles. The fraction of sp³-hybridized carbons (Fsp3) is 0.360. The SMILES string of the molecule is CC1CC(c2ccncc2-c2cccc(C(=[N-])c3cc(N4CCOCC4)ncn3)c2)C1. The minimum absolute atomic E-state index is 0.154. The number of aromatic nitrogens is 3. The monoisotopic (exact) mass is 412 g/mol. The summed E-state index contributed by atoms with van der Waals surface area (Å²) in [7, 11) is 0. The first kappa shape index (κ1) is 19.8. The van der Waals surface area contributed by atoms with E-state index in [9.17, 15) is 5.41 Å². The van der Waals surface area contributed by atoms with Crippen LogP contribution >= 0.6 is 0 Å². The van der Waals surface area contributed by atoms with Crippen LogP contribution in [0, 0.1) is 5.92 Å². The van der Waals surface area contributed by atoms with Gasteiger partial charge in [-0.05, 0) is 53.5 Å². The van der Waals surface area contributed by atoms with Gasteiger partial charge in [-0.15, -0.1) is 5.71 Å². The van der Waals surface area contributed by atoms with Crippen LogP contribution in [0.1, 0.15) is 42.5 Å². The topological polar surface area (TPSA) is 73.4 Å². The van der Waals surface area contributed by atoms with E-state index in [0.29, 0.717) is 24.8 Å². The van der Waals surface area contributed by atoms with Crippen LogP contribution in [-0.2, 0) is 4.74 Å². The van der Waals surface area contributed by atoms with Crippen LogP contribution in [0.25, 0.3) is 16.5 Å². The van der Waals surface area contributed by atoms with Gasteiger partial charge < -0.3 is 15.0 Å². The van der Waals surface area contributed by atoms with Crippen molar-refractivity contribution in [3.63, 3.8) is 0 Å². The molecule has 0 bridgehead atoms. The molecular formula is C25H26N5O-. The second-order valence-electron chi connectivity index (χ2n) is 8.53. The number of ether oxygens (including phenoxy) is 1. The summed E-state index contributed by atoms with van der Waals surface area (Å²) in [5, 5.41) is 11.0. The lowest BCUT2D eigenvalue weighted by Gasteiger charge is -2.34. The fourth-order valence-corrected chi connectivity index (χ4v) is 4.58. The molecule has 0 atom stereocenters. The number of nitrogens with zero attached hydrogens (tertiary/aromatic N) is 5. The number of anilines is 1. The van der Waals surface area contributed by atoms with Gasteiger partial charge in [-0.2, -0.15) is 0 Å². The third-order valence-electron chi connectivity index (χ3n) is 6.35. The molecule has 0 radical (unpaired) electrons. The summed E-state index contributed by atoms with van der Waals surface area (Å²) >= 11 is 0. The lowest BCUT2D eigenvalue weighted by atomic mass is 9.71. The number of hydrogen-bond acceptors (Lipinski definition) is 5. The van der Waals surface area contributed by atoms with Crippen LogP contribution in [0.3, 0.4) is 0 Å². The van der Waals surface area contributed by atoms with Crippen molar-refractivity contribution >= 4 is 11.5 Å². The van der Waals surface area contributed by atoms with Crippen LogP contribution in [0.2, 0.25) is 0 Å². The predicted molar refractivity (Wildman–Crippen MR) is 122 cm³/mol. The average molecular weight is 413 g/mol. The third kappa shape index (κ3) is 4.08. The fourth-order valence-electron chi connectivity index (χ4n) is 4.58. The van der Waals surface area contributed by atoms with Gasteiger partial charge in [-0.3, -0.25) is 4.98 Å². The minimum atomic E-state index is 0.154. The molecule has 1 saturated heterocycles. The molecule has 6 heteroatoms. The maximum atomic E-state index is 11.0. The zero-order valence-corrected chi connectivity index (χ0v) is 17.7. The molecule has 0 spiro atoms. The van der Waals surface area contributed by atoms with Crippen molar-refractivity contribution in [1.82, 2.24) is 15.0 Å². The van der Waals surface area contributed by atoms with Crippen LogP contribution in [0.4, 0.5) is 5.82 Å². The van der Waals surface area contributed by atoms with Gasteiger partial charge in [0.15, 0.2) is 0 Å². The van der Waals surface area contributed by atoms with E-state index in [2.05, 4.69) is 38.9 Å². The van der Waals surface area contributed by atoms with Crippen molar-refractivity contribution in [2.24, 2.45) is 5.92 Å². The van der Waals surface area contributed by atoms with Gasteiger partial charge in [0.05, 0.1) is 18.9 Å². The van der Waals surface area contributed by atoms with Gasteiger partial charge in [0.1, 0.15) is 12.1 Å². The summed E-state index contributed by atoms with van der Waals surface area (Å²) in [5.41, 5.74) is 4.97. The molecule has 5 rings (SSSR count). The van der Waals surface area contributed by atoms with Gasteiger partial charge in [-0.1, -0.05) is 25.1 Å². The Kier molecular flexibility index (Phi) is 5.47. The standard InChI is InChI=1S/C25H26N5O/c1-17-11-20(12-17)21-5-6-27-15-22(21)18-3-2-4-19(13-18)25(26)23-14-24(29-16-28-23)30-7-9-31-10-8-30/h2-6,13-17,20H,7-12H2,1H3/q-1. The summed E-state index contributed by atoms with van der Waals surface area (Å²) in [6.45, 7) is 5.25. The second kappa shape index (κ2) is 8.55. The highest BCUT2D eigenvalue weighted by molar-refractivity contribution is 6.14. The number of morpholine rings is 1. The first-order valence-electron chi connectivity index (χ1n) is 10.9. The Morgan fingerprint density at radius 2 is 1.94 bits per heavy atom. The Bertz CT molecular complexity index is 1090. The van der Waals surface area contributed by atoms with Gasteiger partial charge in [-0.25, -0.2) is 9.97 Å². The third-order valence-corrected chi connectivity index (χ3v) is 6.35. The van der Waals surface area contributed by atoms with E-state index in [0.717, 1.165) is 41.5 Å². The number of hydrogen-bond donors (Lipinski definition) is 0. The zero-order valence-electron chi connectivity index (χ0n) is 17.7. The Hall–Kier alpha value is -3.12. The highest BCUT2D eigenvalue weighted by Gasteiger charge is 2.28. The lowest BCUT2D eigenvalue weighted by molar-refractivity contribution is 0.122. The predicted octanol–water partition coefficient (Wildman–Crippen LogP) is 4.30. The molecule has 0 amide bonds. The summed E-state index contributed by atoms with van der Waals surface area (Å²) in [4.78, 5) is 15.2. The maximum absolute atomic E-state index is 11.0. The van der Waals surface area contributed by atoms with Crippen molar-refractivity contribution in [1.29, 1.82) is 0 Å². The van der Waals surface area contributed by atoms with Crippen LogP contribution in [0.5, 0.6) is 0 Å². The van der Waals surface area contributed by atoms with E-state index < -0.39 is 0 Å². The van der Waals surface area contributed by atoms with Crippen molar-refractivity contribution < 1.29 is 4.74 Å². The molecule has 2 aliphatic rings. The first-order valence-corrected chi connectivity index (χ1v) is 10.9. The number of benzene rings is 1. The van der Waals surface area contributed by atoms with Crippen molar-refractivity contribution in [3.8, 4) is 11.1 Å². The summed E-state index contributed by atoms with van der Waals surface area (Å²) in [6.07, 6.45) is 7.77. The molecule has 0 N–H and O–H groups in total. The summed E-state index contributed by atoms with van der Waals surface area (Å²) < 4.78 is 5.42. The minimum Gasteiger partial charge on any atom is -0.802 e. The normalized spacial score (nSPS) is 20.9. The molecular weight excluding hydrogens is 386 g/mol. The van der Waals surface area contributed by atoms with Crippen molar-refractivity contribution in [2.45, 2.75) is 25.7 Å². The highest BCUT2D eigenvalue weighted by Crippen LogP contribution is 2.44. The van der Waals surface area contributed by atoms with Crippen LogP contribution in [-0.4, -0.2) is 47.0 Å². The molecule has 3 heterocycles. The summed E-state index contributed by atoms with van der Waals surface area (Å²) in [6, 6.07) is 12.0. The van der Waals surface area contributed by atoms with Gasteiger partial charge in [0, 0.05) is 37.1 Å². The quantitative estimate of drug-likeness (QED) is 0.584. The van der Waals surface area contributed by atoms with Crippen molar-refractivity contribution in [2.75, 3.05) is 31.2 Å². The van der Waals surface area contributed by atoms with E-state index in [1.54, 1.807) is 0 Å². The first-order chi connectivity index (χ1) is 15.2. The molecule has 2 aromatic heterocycles. The average Bonchev–Trinajstić information content (AvgIpc) is 2.82. The Morgan fingerprint density at radius 3 is 2.74 bits per heavy atom. The van der Waals surface area contributed by atoms with Gasteiger partial charge in [0.2, 0.25) is 0 Å². The molecule has 31 heavy (non-hydrogen) atoms. The molecule has 1 saturated carbocycles. The number of pyridine rings is 1. The van der Waals surface area contributed by atoms with Crippen LogP contribution in [0.15, 0.2) is 55.1 Å². The smallest absolute Gasteiger partial charge is 0.132 e. The second-order valence-corrected chi connectivity index (χ2v) is 8.53. The molecule has 3 aromatic rings. The Balaban J connectivity index is 1.43. The summed E-state index contributed by atoms with van der Waals surface area (Å²) in [5.74, 6) is 2.19. The molecule has 6 nitrogen and oxygen atoms in total. The lowest BCUT2D eigenvalue weighted by Crippen LogP contribution is -2.36. The molecule has 158 valence electrons. The zero-order chi connectivity index (χ0) is 21.2. The van der Waals surface area contributed by atoms with E-state index in [1.807, 2.05) is 36.7 Å². The maximum Gasteiger partial charge on any atom is 0.132 e. The largest absolute Gasteiger partial charge is 0.802 e.